The fraction of sp³-hybridized carbons (Fsp3) is 0.824. The molecule has 1 atom stereocenters. The van der Waals surface area contributed by atoms with Crippen molar-refractivity contribution in [1.29, 1.82) is 0 Å². The SMILES string of the molecule is CC1=CN(C(=O)OC(C)(C)C)CCC1OCOCC[Si](C)(C)C. The summed E-state index contributed by atoms with van der Waals surface area (Å²) in [5.74, 6) is 0. The van der Waals surface area contributed by atoms with Gasteiger partial charge in [-0.15, -0.1) is 0 Å². The molecule has 0 bridgehead atoms. The van der Waals surface area contributed by atoms with Crippen LogP contribution in [0, 0.1) is 0 Å². The minimum absolute atomic E-state index is 0.0144. The number of hydrogen-bond acceptors (Lipinski definition) is 4. The lowest BCUT2D eigenvalue weighted by Crippen LogP contribution is -2.39. The molecule has 0 aromatic carbocycles. The average Bonchev–Trinajstić information content (AvgIpc) is 2.36. The van der Waals surface area contributed by atoms with Crippen molar-refractivity contribution in [2.24, 2.45) is 0 Å². The van der Waals surface area contributed by atoms with Crippen LogP contribution < -0.4 is 0 Å². The van der Waals surface area contributed by atoms with Crippen LogP contribution in [0.5, 0.6) is 0 Å². The Morgan fingerprint density at radius 2 is 2.00 bits per heavy atom. The molecule has 1 rings (SSSR count). The molecule has 0 N–H and O–H groups in total. The number of carbonyl (C=O) groups is 1. The van der Waals surface area contributed by atoms with Gasteiger partial charge in [-0.3, -0.25) is 4.90 Å². The molecule has 134 valence electrons. The van der Waals surface area contributed by atoms with E-state index in [1.165, 1.54) is 0 Å². The third-order valence-electron chi connectivity index (χ3n) is 3.48. The number of nitrogens with zero attached hydrogens (tertiary/aromatic N) is 1. The van der Waals surface area contributed by atoms with E-state index in [0.29, 0.717) is 13.3 Å². The van der Waals surface area contributed by atoms with E-state index in [9.17, 15) is 4.79 Å². The summed E-state index contributed by atoms with van der Waals surface area (Å²) in [6, 6.07) is 1.14. The molecule has 1 amide bonds. The van der Waals surface area contributed by atoms with Gasteiger partial charge < -0.3 is 14.2 Å². The molecule has 0 aromatic rings. The van der Waals surface area contributed by atoms with E-state index in [1.807, 2.05) is 33.9 Å². The highest BCUT2D eigenvalue weighted by Crippen LogP contribution is 2.20. The second-order valence-corrected chi connectivity index (χ2v) is 13.9. The van der Waals surface area contributed by atoms with Crippen molar-refractivity contribution in [3.8, 4) is 0 Å². The Kier molecular flexibility index (Phi) is 7.29. The molecule has 0 spiro atoms. The fourth-order valence-corrected chi connectivity index (χ4v) is 2.88. The third kappa shape index (κ3) is 8.53. The second-order valence-electron chi connectivity index (χ2n) is 8.33. The number of rotatable bonds is 6. The van der Waals surface area contributed by atoms with E-state index in [4.69, 9.17) is 14.2 Å². The number of carbonyl (C=O) groups excluding carboxylic acids is 1. The zero-order valence-electron chi connectivity index (χ0n) is 15.8. The Bertz CT molecular complexity index is 423. The summed E-state index contributed by atoms with van der Waals surface area (Å²) in [5.41, 5.74) is 0.548. The minimum atomic E-state index is -1.05. The number of hydrogen-bond donors (Lipinski definition) is 0. The van der Waals surface area contributed by atoms with E-state index in [1.54, 1.807) is 4.90 Å². The molecule has 0 aliphatic carbocycles. The summed E-state index contributed by atoms with van der Waals surface area (Å²) in [6.07, 6.45) is 2.30. The first kappa shape index (κ1) is 20.2. The Morgan fingerprint density at radius 1 is 1.35 bits per heavy atom. The van der Waals surface area contributed by atoms with Crippen LogP contribution in [0.1, 0.15) is 34.1 Å². The van der Waals surface area contributed by atoms with E-state index in [2.05, 4.69) is 19.6 Å². The van der Waals surface area contributed by atoms with Gasteiger partial charge >= 0.3 is 6.09 Å². The average molecular weight is 344 g/mol. The van der Waals surface area contributed by atoms with Crippen LogP contribution in [0.4, 0.5) is 4.79 Å². The maximum absolute atomic E-state index is 12.1. The molecule has 1 aliphatic rings. The maximum atomic E-state index is 12.1. The van der Waals surface area contributed by atoms with Gasteiger partial charge in [0.15, 0.2) is 0 Å². The van der Waals surface area contributed by atoms with Gasteiger partial charge in [0.2, 0.25) is 0 Å². The summed E-state index contributed by atoms with van der Waals surface area (Å²) < 4.78 is 16.8. The first-order valence-corrected chi connectivity index (χ1v) is 12.1. The van der Waals surface area contributed by atoms with Crippen LogP contribution >= 0.6 is 0 Å². The highest BCUT2D eigenvalue weighted by Gasteiger charge is 2.26. The van der Waals surface area contributed by atoms with Gasteiger partial charge in [0.05, 0.1) is 6.10 Å². The minimum Gasteiger partial charge on any atom is -0.443 e. The molecule has 23 heavy (non-hydrogen) atoms. The van der Waals surface area contributed by atoms with Crippen LogP contribution in [0.3, 0.4) is 0 Å². The van der Waals surface area contributed by atoms with E-state index in [-0.39, 0.29) is 12.2 Å². The summed E-state index contributed by atoms with van der Waals surface area (Å²) in [6.45, 7) is 16.2. The molecular formula is C17H33NO4Si. The van der Waals surface area contributed by atoms with Crippen LogP contribution in [0.2, 0.25) is 25.7 Å². The van der Waals surface area contributed by atoms with E-state index >= 15 is 0 Å². The monoisotopic (exact) mass is 343 g/mol. The molecule has 0 saturated carbocycles. The lowest BCUT2D eigenvalue weighted by atomic mass is 10.1. The summed E-state index contributed by atoms with van der Waals surface area (Å²) in [5, 5.41) is 0. The van der Waals surface area contributed by atoms with Crippen LogP contribution in [0.15, 0.2) is 11.8 Å². The standard InChI is InChI=1S/C17H33NO4Si/c1-14-12-18(16(19)22-17(2,3)4)9-8-15(14)21-13-20-10-11-23(5,6)7/h12,15H,8-11,13H2,1-7H3. The van der Waals surface area contributed by atoms with Gasteiger partial charge in [0, 0.05) is 27.4 Å². The van der Waals surface area contributed by atoms with Gasteiger partial charge in [-0.25, -0.2) is 4.79 Å². The molecule has 1 heterocycles. The molecule has 0 fully saturated rings. The Balaban J connectivity index is 2.36. The Labute approximate surface area is 142 Å². The first-order valence-electron chi connectivity index (χ1n) is 8.35. The highest BCUT2D eigenvalue weighted by atomic mass is 28.3. The van der Waals surface area contributed by atoms with E-state index in [0.717, 1.165) is 24.6 Å². The van der Waals surface area contributed by atoms with Crippen molar-refractivity contribution in [2.75, 3.05) is 19.9 Å². The van der Waals surface area contributed by atoms with Crippen molar-refractivity contribution in [3.05, 3.63) is 11.8 Å². The molecular weight excluding hydrogens is 310 g/mol. The maximum Gasteiger partial charge on any atom is 0.414 e. The zero-order valence-corrected chi connectivity index (χ0v) is 16.8. The van der Waals surface area contributed by atoms with Crippen molar-refractivity contribution in [1.82, 2.24) is 4.90 Å². The Hall–Kier alpha value is -0.853. The largest absolute Gasteiger partial charge is 0.443 e. The lowest BCUT2D eigenvalue weighted by Gasteiger charge is -2.31. The molecule has 0 aromatic heterocycles. The predicted octanol–water partition coefficient (Wildman–Crippen LogP) is 4.23. The zero-order chi connectivity index (χ0) is 17.7. The van der Waals surface area contributed by atoms with Crippen molar-refractivity contribution < 1.29 is 19.0 Å². The van der Waals surface area contributed by atoms with Crippen molar-refractivity contribution in [2.45, 2.75) is 71.5 Å². The summed E-state index contributed by atoms with van der Waals surface area (Å²) in [7, 11) is -1.05. The summed E-state index contributed by atoms with van der Waals surface area (Å²) >= 11 is 0. The lowest BCUT2D eigenvalue weighted by molar-refractivity contribution is -0.0805. The van der Waals surface area contributed by atoms with Gasteiger partial charge in [-0.2, -0.15) is 0 Å². The normalized spacial score (nSPS) is 19.5. The van der Waals surface area contributed by atoms with Crippen LogP contribution in [-0.4, -0.2) is 50.7 Å². The van der Waals surface area contributed by atoms with E-state index < -0.39 is 13.7 Å². The molecule has 6 heteroatoms. The van der Waals surface area contributed by atoms with Crippen LogP contribution in [0.25, 0.3) is 0 Å². The number of amides is 1. The van der Waals surface area contributed by atoms with Gasteiger partial charge in [-0.05, 0) is 45.7 Å². The van der Waals surface area contributed by atoms with Crippen LogP contribution in [-0.2, 0) is 14.2 Å². The fourth-order valence-electron chi connectivity index (χ4n) is 2.12. The molecule has 1 unspecified atom stereocenters. The predicted molar refractivity (Wildman–Crippen MR) is 95.2 cm³/mol. The smallest absolute Gasteiger partial charge is 0.414 e. The first-order chi connectivity index (χ1) is 10.5. The van der Waals surface area contributed by atoms with Gasteiger partial charge in [0.25, 0.3) is 0 Å². The Morgan fingerprint density at radius 3 is 2.52 bits per heavy atom. The third-order valence-corrected chi connectivity index (χ3v) is 5.18. The second kappa shape index (κ2) is 8.31. The van der Waals surface area contributed by atoms with Gasteiger partial charge in [0.1, 0.15) is 12.4 Å². The molecule has 0 radical (unpaired) electrons. The highest BCUT2D eigenvalue weighted by molar-refractivity contribution is 6.76. The topological polar surface area (TPSA) is 48.0 Å². The van der Waals surface area contributed by atoms with Crippen molar-refractivity contribution in [3.63, 3.8) is 0 Å². The quantitative estimate of drug-likeness (QED) is 0.411. The number of ether oxygens (including phenoxy) is 3. The molecule has 0 saturated heterocycles. The van der Waals surface area contributed by atoms with Gasteiger partial charge in [-0.1, -0.05) is 19.6 Å². The molecule has 1 aliphatic heterocycles. The molecule has 5 nitrogen and oxygen atoms in total. The van der Waals surface area contributed by atoms with Crippen molar-refractivity contribution >= 4 is 14.2 Å². The summed E-state index contributed by atoms with van der Waals surface area (Å²) in [4.78, 5) is 13.7.